The molecular formula is C26H32ClN5O4S. The number of aromatic amines is 1. The summed E-state index contributed by atoms with van der Waals surface area (Å²) in [5.41, 5.74) is 3.36. The Labute approximate surface area is 225 Å². The fraction of sp³-hybridized carbons (Fsp3) is 0.538. The first-order chi connectivity index (χ1) is 17.8. The third kappa shape index (κ3) is 5.76. The third-order valence-corrected chi connectivity index (χ3v) is 8.70. The summed E-state index contributed by atoms with van der Waals surface area (Å²) in [4.78, 5) is 50.0. The summed E-state index contributed by atoms with van der Waals surface area (Å²) in [5.74, 6) is -1.11. The van der Waals surface area contributed by atoms with Crippen molar-refractivity contribution in [3.63, 3.8) is 0 Å². The van der Waals surface area contributed by atoms with E-state index < -0.39 is 6.04 Å². The number of aromatic nitrogens is 2. The number of ether oxygens (including phenoxy) is 1. The number of carbonyl (C=O) groups is 3. The van der Waals surface area contributed by atoms with Gasteiger partial charge in [0.15, 0.2) is 5.01 Å². The summed E-state index contributed by atoms with van der Waals surface area (Å²) in [6.07, 6.45) is 5.73. The van der Waals surface area contributed by atoms with E-state index in [-0.39, 0.29) is 29.7 Å². The monoisotopic (exact) mass is 545 g/mol. The van der Waals surface area contributed by atoms with E-state index in [2.05, 4.69) is 32.5 Å². The van der Waals surface area contributed by atoms with Gasteiger partial charge in [-0.25, -0.2) is 4.98 Å². The Bertz CT molecular complexity index is 1240. The van der Waals surface area contributed by atoms with Crippen LogP contribution >= 0.6 is 22.9 Å². The lowest BCUT2D eigenvalue weighted by Gasteiger charge is -2.35. The van der Waals surface area contributed by atoms with Crippen molar-refractivity contribution in [3.05, 3.63) is 43.6 Å². The van der Waals surface area contributed by atoms with Crippen LogP contribution in [-0.4, -0.2) is 64.9 Å². The van der Waals surface area contributed by atoms with Crippen LogP contribution < -0.4 is 10.6 Å². The maximum Gasteiger partial charge on any atom is 0.308 e. The summed E-state index contributed by atoms with van der Waals surface area (Å²) >= 11 is 7.58. The molecule has 0 unspecified atom stereocenters. The van der Waals surface area contributed by atoms with Crippen LogP contribution in [0.15, 0.2) is 11.1 Å². The van der Waals surface area contributed by atoms with Gasteiger partial charge in [0.25, 0.3) is 11.8 Å². The highest BCUT2D eigenvalue weighted by Gasteiger charge is 2.37. The van der Waals surface area contributed by atoms with Gasteiger partial charge in [0.05, 0.1) is 24.3 Å². The normalized spacial score (nSPS) is 23.4. The number of rotatable bonds is 6. The molecule has 3 aliphatic rings. The summed E-state index contributed by atoms with van der Waals surface area (Å²) in [6.45, 7) is 3.79. The maximum atomic E-state index is 13.2. The lowest BCUT2D eigenvalue weighted by atomic mass is 9.82. The van der Waals surface area contributed by atoms with Crippen molar-refractivity contribution < 1.29 is 19.1 Å². The Morgan fingerprint density at radius 1 is 1.19 bits per heavy atom. The van der Waals surface area contributed by atoms with Crippen molar-refractivity contribution in [2.75, 3.05) is 20.2 Å². The van der Waals surface area contributed by atoms with Crippen LogP contribution in [0.3, 0.4) is 0 Å². The van der Waals surface area contributed by atoms with Gasteiger partial charge in [-0.2, -0.15) is 0 Å². The zero-order chi connectivity index (χ0) is 26.1. The number of hydrogen-bond acceptors (Lipinski definition) is 7. The molecule has 0 radical (unpaired) electrons. The molecule has 11 heteroatoms. The van der Waals surface area contributed by atoms with Crippen molar-refractivity contribution in [3.8, 4) is 0 Å². The molecule has 0 saturated heterocycles. The molecule has 0 bridgehead atoms. The number of nitrogens with one attached hydrogen (secondary N) is 3. The van der Waals surface area contributed by atoms with Crippen molar-refractivity contribution in [1.29, 1.82) is 0 Å². The largest absolute Gasteiger partial charge is 0.466 e. The molecule has 0 aromatic carbocycles. The molecule has 2 aromatic rings. The zero-order valence-corrected chi connectivity index (χ0v) is 22.6. The quantitative estimate of drug-likeness (QED) is 0.480. The van der Waals surface area contributed by atoms with Gasteiger partial charge in [0.1, 0.15) is 5.69 Å². The molecule has 9 nitrogen and oxygen atoms in total. The van der Waals surface area contributed by atoms with Crippen LogP contribution in [0.2, 0.25) is 0 Å². The predicted molar refractivity (Wildman–Crippen MR) is 142 cm³/mol. The SMILES string of the molecule is CCOC(=O)[C@H]1CC[C@H](NC(=O)c2cc3c([nH]2)CCC(Cl)=C3)[C@H](NC(=O)c2nc3c(s2)CN(C)CC3)C1. The molecule has 37 heavy (non-hydrogen) atoms. The molecule has 2 aliphatic carbocycles. The van der Waals surface area contributed by atoms with Crippen LogP contribution in [0.4, 0.5) is 0 Å². The molecule has 3 N–H and O–H groups in total. The lowest BCUT2D eigenvalue weighted by molar-refractivity contribution is -0.149. The summed E-state index contributed by atoms with van der Waals surface area (Å²) in [6, 6.07) is 1.05. The summed E-state index contributed by atoms with van der Waals surface area (Å²) in [5, 5.41) is 7.37. The van der Waals surface area contributed by atoms with Gasteiger partial charge in [-0.05, 0) is 63.8 Å². The van der Waals surface area contributed by atoms with Gasteiger partial charge >= 0.3 is 5.97 Å². The van der Waals surface area contributed by atoms with Crippen LogP contribution in [0.25, 0.3) is 6.08 Å². The average Bonchev–Trinajstić information content (AvgIpc) is 3.49. The van der Waals surface area contributed by atoms with E-state index in [9.17, 15) is 14.4 Å². The van der Waals surface area contributed by atoms with Gasteiger partial charge in [-0.15, -0.1) is 11.3 Å². The molecule has 1 saturated carbocycles. The Morgan fingerprint density at radius 2 is 2.00 bits per heavy atom. The van der Waals surface area contributed by atoms with Crippen LogP contribution in [0.1, 0.15) is 74.7 Å². The van der Waals surface area contributed by atoms with Crippen LogP contribution in [0, 0.1) is 5.92 Å². The number of esters is 1. The van der Waals surface area contributed by atoms with E-state index in [1.807, 2.05) is 6.08 Å². The first-order valence-electron chi connectivity index (χ1n) is 12.8. The molecule has 1 fully saturated rings. The molecule has 198 valence electrons. The molecule has 3 heterocycles. The van der Waals surface area contributed by atoms with E-state index >= 15 is 0 Å². The van der Waals surface area contributed by atoms with Gasteiger partial charge in [0, 0.05) is 41.2 Å². The predicted octanol–water partition coefficient (Wildman–Crippen LogP) is 3.25. The number of nitrogens with zero attached hydrogens (tertiary/aromatic N) is 2. The highest BCUT2D eigenvalue weighted by molar-refractivity contribution is 7.13. The summed E-state index contributed by atoms with van der Waals surface area (Å²) in [7, 11) is 2.05. The molecule has 1 aliphatic heterocycles. The maximum absolute atomic E-state index is 13.2. The number of halogens is 1. The molecule has 2 amide bonds. The fourth-order valence-electron chi connectivity index (χ4n) is 5.33. The lowest BCUT2D eigenvalue weighted by Crippen LogP contribution is -2.55. The second-order valence-corrected chi connectivity index (χ2v) is 11.6. The average molecular weight is 546 g/mol. The van der Waals surface area contributed by atoms with Crippen molar-refractivity contribution >= 4 is 46.8 Å². The number of aryl methyl sites for hydroxylation is 1. The minimum absolute atomic E-state index is 0.245. The minimum Gasteiger partial charge on any atom is -0.466 e. The number of likely N-dealkylation sites (N-methyl/N-ethyl adjacent to an activating group) is 1. The molecular weight excluding hydrogens is 514 g/mol. The Kier molecular flexibility index (Phi) is 7.69. The zero-order valence-electron chi connectivity index (χ0n) is 21.1. The number of hydrogen-bond donors (Lipinski definition) is 3. The fourth-order valence-corrected chi connectivity index (χ4v) is 6.63. The number of H-pyrrole nitrogens is 1. The number of carbonyl (C=O) groups excluding carboxylic acids is 3. The van der Waals surface area contributed by atoms with Crippen molar-refractivity contribution in [1.82, 2.24) is 25.5 Å². The van der Waals surface area contributed by atoms with Crippen molar-refractivity contribution in [2.45, 2.75) is 64.1 Å². The smallest absolute Gasteiger partial charge is 0.308 e. The molecule has 2 aromatic heterocycles. The minimum atomic E-state index is -0.429. The Balaban J connectivity index is 1.31. The molecule has 0 spiro atoms. The standard InChI is InChI=1S/C26H32ClN5O4S/c1-3-36-26(35)14-4-6-18(29-23(33)21-12-15-10-16(27)5-7-17(15)28-21)20(11-14)30-24(34)25-31-19-8-9-32(2)13-22(19)37-25/h10,12,14,18,20,28H,3-9,11,13H2,1-2H3,(H,29,33)(H,30,34)/t14-,18-,20+/m0/s1. The number of fused-ring (bicyclic) bond motifs is 2. The second kappa shape index (κ2) is 11.0. The van der Waals surface area contributed by atoms with Crippen molar-refractivity contribution in [2.24, 2.45) is 5.92 Å². The van der Waals surface area contributed by atoms with Gasteiger partial charge < -0.3 is 25.3 Å². The van der Waals surface area contributed by atoms with Crippen LogP contribution in [0.5, 0.6) is 0 Å². The van der Waals surface area contributed by atoms with E-state index in [1.54, 1.807) is 13.0 Å². The summed E-state index contributed by atoms with van der Waals surface area (Å²) < 4.78 is 5.25. The topological polar surface area (TPSA) is 116 Å². The van der Waals surface area contributed by atoms with E-state index in [0.29, 0.717) is 36.6 Å². The third-order valence-electron chi connectivity index (χ3n) is 7.32. The second-order valence-electron chi connectivity index (χ2n) is 10.0. The van der Waals surface area contributed by atoms with Gasteiger partial charge in [-0.3, -0.25) is 14.4 Å². The first-order valence-corrected chi connectivity index (χ1v) is 14.0. The Morgan fingerprint density at radius 3 is 2.81 bits per heavy atom. The van der Waals surface area contributed by atoms with Gasteiger partial charge in [0.2, 0.25) is 0 Å². The number of allylic oxidation sites excluding steroid dienone is 1. The first kappa shape index (κ1) is 25.9. The number of amides is 2. The van der Waals surface area contributed by atoms with Crippen LogP contribution in [-0.2, 0) is 28.9 Å². The van der Waals surface area contributed by atoms with Gasteiger partial charge in [-0.1, -0.05) is 11.6 Å². The van der Waals surface area contributed by atoms with E-state index in [4.69, 9.17) is 16.3 Å². The number of thiazole rings is 1. The van der Waals surface area contributed by atoms with E-state index in [1.165, 1.54) is 11.3 Å². The molecule has 3 atom stereocenters. The highest BCUT2D eigenvalue weighted by Crippen LogP contribution is 2.30. The Hall–Kier alpha value is -2.69. The molecule has 5 rings (SSSR count). The van der Waals surface area contributed by atoms with E-state index in [0.717, 1.165) is 59.2 Å². The highest BCUT2D eigenvalue weighted by atomic mass is 35.5.